The normalized spacial score (nSPS) is 14.5. The van der Waals surface area contributed by atoms with Crippen LogP contribution in [0.2, 0.25) is 0 Å². The number of hydrogen-bond donors (Lipinski definition) is 2. The van der Waals surface area contributed by atoms with Gasteiger partial charge in [-0.2, -0.15) is 0 Å². The molecule has 126 valence electrons. The average molecular weight is 370 g/mol. The average Bonchev–Trinajstić information content (AvgIpc) is 3.31. The molecule has 0 bridgehead atoms. The van der Waals surface area contributed by atoms with Gasteiger partial charge in [0.25, 0.3) is 5.91 Å². The number of nitrogens with one attached hydrogen (secondary N) is 1. The second-order valence-electron chi connectivity index (χ2n) is 5.53. The van der Waals surface area contributed by atoms with Crippen LogP contribution < -0.4 is 5.43 Å². The molecule has 1 amide bonds. The van der Waals surface area contributed by atoms with Gasteiger partial charge in [-0.3, -0.25) is 10.2 Å². The molecule has 8 heteroatoms. The number of carbonyl (C=O) groups is 1. The molecular weight excluding hydrogens is 356 g/mol. The van der Waals surface area contributed by atoms with Crippen LogP contribution in [-0.2, 0) is 11.4 Å². The van der Waals surface area contributed by atoms with Crippen molar-refractivity contribution in [2.45, 2.75) is 13.5 Å². The summed E-state index contributed by atoms with van der Waals surface area (Å²) < 4.78 is 0. The summed E-state index contributed by atoms with van der Waals surface area (Å²) in [5.41, 5.74) is 5.16. The van der Waals surface area contributed by atoms with Crippen LogP contribution in [0, 0.1) is 0 Å². The molecule has 0 saturated heterocycles. The summed E-state index contributed by atoms with van der Waals surface area (Å²) in [6, 6.07) is 3.88. The number of carbonyl (C=O) groups excluding carboxylic acids is 1. The Morgan fingerprint density at radius 1 is 1.36 bits per heavy atom. The third kappa shape index (κ3) is 2.64. The summed E-state index contributed by atoms with van der Waals surface area (Å²) in [5, 5.41) is 15.5. The maximum atomic E-state index is 12.2. The van der Waals surface area contributed by atoms with Crippen LogP contribution in [0.3, 0.4) is 0 Å². The lowest BCUT2D eigenvalue weighted by atomic mass is 10.2. The van der Waals surface area contributed by atoms with Crippen LogP contribution in [0.15, 0.2) is 46.8 Å². The van der Waals surface area contributed by atoms with Gasteiger partial charge in [-0.15, -0.1) is 22.7 Å². The van der Waals surface area contributed by atoms with Gasteiger partial charge in [-0.05, 0) is 29.3 Å². The Labute approximate surface area is 151 Å². The third-order valence-corrected chi connectivity index (χ3v) is 5.71. The highest BCUT2D eigenvalue weighted by Gasteiger charge is 2.25. The predicted molar refractivity (Wildman–Crippen MR) is 100 cm³/mol. The maximum absolute atomic E-state index is 12.2. The number of anilines is 1. The monoisotopic (exact) mass is 370 g/mol. The van der Waals surface area contributed by atoms with Crippen LogP contribution in [0.25, 0.3) is 20.9 Å². The molecule has 1 aliphatic rings. The Balaban J connectivity index is 1.84. The van der Waals surface area contributed by atoms with E-state index >= 15 is 0 Å². The van der Waals surface area contributed by atoms with E-state index in [4.69, 9.17) is 0 Å². The topological polar surface area (TPSA) is 78.4 Å². The van der Waals surface area contributed by atoms with E-state index in [9.17, 15) is 9.90 Å². The molecule has 3 aromatic rings. The molecule has 0 atom stereocenters. The number of aliphatic hydroxyl groups excluding tert-OH is 1. The zero-order valence-electron chi connectivity index (χ0n) is 13.3. The van der Waals surface area contributed by atoms with E-state index in [1.165, 1.54) is 22.4 Å². The smallest absolute Gasteiger partial charge is 0.270 e. The zero-order valence-corrected chi connectivity index (χ0v) is 14.9. The minimum absolute atomic E-state index is 0.122. The summed E-state index contributed by atoms with van der Waals surface area (Å²) in [7, 11) is 0. The first-order valence-corrected chi connectivity index (χ1v) is 9.25. The van der Waals surface area contributed by atoms with E-state index in [1.54, 1.807) is 11.3 Å². The number of thiophene rings is 2. The summed E-state index contributed by atoms with van der Waals surface area (Å²) in [5.74, 6) is 0.863. The van der Waals surface area contributed by atoms with Gasteiger partial charge in [0.05, 0.1) is 22.6 Å². The Hall–Kier alpha value is -2.55. The van der Waals surface area contributed by atoms with Crippen molar-refractivity contribution in [3.05, 3.63) is 52.4 Å². The molecule has 25 heavy (non-hydrogen) atoms. The van der Waals surface area contributed by atoms with Crippen LogP contribution in [0.5, 0.6) is 0 Å². The van der Waals surface area contributed by atoms with Gasteiger partial charge in [0.15, 0.2) is 11.6 Å². The van der Waals surface area contributed by atoms with Gasteiger partial charge in [0.1, 0.15) is 4.83 Å². The lowest BCUT2D eigenvalue weighted by molar-refractivity contribution is -0.122. The fourth-order valence-electron chi connectivity index (χ4n) is 2.58. The van der Waals surface area contributed by atoms with E-state index < -0.39 is 0 Å². The van der Waals surface area contributed by atoms with Crippen LogP contribution >= 0.6 is 22.7 Å². The highest BCUT2D eigenvalue weighted by atomic mass is 32.1. The molecule has 0 unspecified atom stereocenters. The van der Waals surface area contributed by atoms with Gasteiger partial charge in [0, 0.05) is 11.6 Å². The van der Waals surface area contributed by atoms with Gasteiger partial charge < -0.3 is 5.11 Å². The Morgan fingerprint density at radius 3 is 2.84 bits per heavy atom. The van der Waals surface area contributed by atoms with Gasteiger partial charge in [0.2, 0.25) is 0 Å². The van der Waals surface area contributed by atoms with E-state index in [0.717, 1.165) is 26.2 Å². The molecule has 4 rings (SSSR count). The fourth-order valence-corrected chi connectivity index (χ4v) is 4.17. The van der Waals surface area contributed by atoms with Crippen molar-refractivity contribution in [1.29, 1.82) is 0 Å². The van der Waals surface area contributed by atoms with Crippen LogP contribution in [0.1, 0.15) is 12.5 Å². The summed E-state index contributed by atoms with van der Waals surface area (Å²) in [6.45, 7) is 5.64. The predicted octanol–water partition coefficient (Wildman–Crippen LogP) is 3.54. The maximum Gasteiger partial charge on any atom is 0.270 e. The van der Waals surface area contributed by atoms with Crippen molar-refractivity contribution < 1.29 is 9.90 Å². The number of hydrazine groups is 1. The van der Waals surface area contributed by atoms with Gasteiger partial charge >= 0.3 is 0 Å². The minimum Gasteiger partial charge on any atom is -0.392 e. The molecule has 3 aromatic heterocycles. The number of amides is 1. The third-order valence-electron chi connectivity index (χ3n) is 3.92. The van der Waals surface area contributed by atoms with Crippen LogP contribution in [-0.4, -0.2) is 26.0 Å². The standard InChI is InChI=1S/C17H14N4O2S2/c1-9-6-13(23)21(10(9)2)20-16-14-11(7-22)8-25-17(14)19-15(18-16)12-4-3-5-24-12/h3-6,8,22H,2,7H2,1H3,(H,18,19,20). The number of allylic oxidation sites excluding steroid dienone is 1. The SMILES string of the molecule is C=C1C(C)=CC(=O)N1Nc1nc(-c2cccs2)nc2scc(CO)c12. The first-order valence-electron chi connectivity index (χ1n) is 7.49. The zero-order chi connectivity index (χ0) is 17.6. The molecule has 6 nitrogen and oxygen atoms in total. The van der Waals surface area contributed by atoms with Crippen molar-refractivity contribution >= 4 is 44.6 Å². The highest BCUT2D eigenvalue weighted by molar-refractivity contribution is 7.17. The summed E-state index contributed by atoms with van der Waals surface area (Å²) in [6.07, 6.45) is 1.52. The molecule has 2 N–H and O–H groups in total. The van der Waals surface area contributed by atoms with Gasteiger partial charge in [-0.25, -0.2) is 15.0 Å². The molecule has 0 saturated carbocycles. The van der Waals surface area contributed by atoms with Crippen molar-refractivity contribution in [3.8, 4) is 10.7 Å². The number of fused-ring (bicyclic) bond motifs is 1. The number of aromatic nitrogens is 2. The summed E-state index contributed by atoms with van der Waals surface area (Å²) in [4.78, 5) is 23.1. The molecule has 1 aliphatic heterocycles. The molecule has 0 radical (unpaired) electrons. The first kappa shape index (κ1) is 15.9. The minimum atomic E-state index is -0.201. The highest BCUT2D eigenvalue weighted by Crippen LogP contribution is 2.34. The van der Waals surface area contributed by atoms with Crippen molar-refractivity contribution in [1.82, 2.24) is 15.0 Å². The fraction of sp³-hybridized carbons (Fsp3) is 0.118. The second kappa shape index (κ2) is 6.07. The molecule has 0 fully saturated rings. The molecule has 0 aromatic carbocycles. The largest absolute Gasteiger partial charge is 0.392 e. The Kier molecular flexibility index (Phi) is 3.87. The van der Waals surface area contributed by atoms with E-state index in [1.807, 2.05) is 29.8 Å². The lowest BCUT2D eigenvalue weighted by Crippen LogP contribution is -2.30. The number of aliphatic hydroxyl groups is 1. The van der Waals surface area contributed by atoms with Crippen LogP contribution in [0.4, 0.5) is 5.82 Å². The first-order chi connectivity index (χ1) is 12.1. The summed E-state index contributed by atoms with van der Waals surface area (Å²) >= 11 is 2.98. The Morgan fingerprint density at radius 2 is 2.20 bits per heavy atom. The van der Waals surface area contributed by atoms with Crippen molar-refractivity contribution in [3.63, 3.8) is 0 Å². The molecular formula is C17H14N4O2S2. The Bertz CT molecular complexity index is 1020. The van der Waals surface area contributed by atoms with Crippen molar-refractivity contribution in [2.24, 2.45) is 0 Å². The van der Waals surface area contributed by atoms with E-state index in [2.05, 4.69) is 22.0 Å². The second-order valence-corrected chi connectivity index (χ2v) is 7.34. The molecule has 0 aliphatic carbocycles. The lowest BCUT2D eigenvalue weighted by Gasteiger charge is -2.20. The number of rotatable bonds is 4. The van der Waals surface area contributed by atoms with E-state index in [-0.39, 0.29) is 12.5 Å². The van der Waals surface area contributed by atoms with Gasteiger partial charge in [-0.1, -0.05) is 12.6 Å². The van der Waals surface area contributed by atoms with E-state index in [0.29, 0.717) is 17.3 Å². The van der Waals surface area contributed by atoms with Crippen molar-refractivity contribution in [2.75, 3.05) is 5.43 Å². The number of nitrogens with zero attached hydrogens (tertiary/aromatic N) is 3. The molecule has 0 spiro atoms. The quantitative estimate of drug-likeness (QED) is 0.734. The number of hydrogen-bond acceptors (Lipinski definition) is 7. The molecule has 4 heterocycles.